The first-order chi connectivity index (χ1) is 12.2. The van der Waals surface area contributed by atoms with Crippen molar-refractivity contribution >= 4 is 16.8 Å². The van der Waals surface area contributed by atoms with E-state index in [1.54, 1.807) is 0 Å². The molecule has 1 aromatic heterocycles. The van der Waals surface area contributed by atoms with Crippen molar-refractivity contribution in [3.63, 3.8) is 0 Å². The van der Waals surface area contributed by atoms with Crippen LogP contribution in [0.15, 0.2) is 48.5 Å². The molecule has 25 heavy (non-hydrogen) atoms. The monoisotopic (exact) mass is 334 g/mol. The number of nitrogens with zero attached hydrogens (tertiary/aromatic N) is 1. The summed E-state index contributed by atoms with van der Waals surface area (Å²) in [7, 11) is 0. The molecular weight excluding hydrogens is 312 g/mol. The molecule has 2 heterocycles. The number of nitrogens with one attached hydrogen (secondary N) is 1. The Hall–Kier alpha value is -2.75. The lowest BCUT2D eigenvalue weighted by molar-refractivity contribution is 0.0935. The van der Waals surface area contributed by atoms with E-state index in [9.17, 15) is 4.79 Å². The molecule has 1 N–H and O–H groups in total. The summed E-state index contributed by atoms with van der Waals surface area (Å²) in [6, 6.07) is 16.2. The Kier molecular flexibility index (Phi) is 3.96. The molecule has 1 aliphatic rings. The van der Waals surface area contributed by atoms with Crippen LogP contribution in [0.4, 0.5) is 0 Å². The maximum Gasteiger partial charge on any atom is 0.268 e. The van der Waals surface area contributed by atoms with Gasteiger partial charge >= 0.3 is 0 Å². The third kappa shape index (κ3) is 2.88. The molecule has 1 atom stereocenters. The van der Waals surface area contributed by atoms with Crippen molar-refractivity contribution in [3.8, 4) is 5.75 Å². The van der Waals surface area contributed by atoms with E-state index in [0.29, 0.717) is 18.8 Å². The lowest BCUT2D eigenvalue weighted by atomic mass is 10.1. The van der Waals surface area contributed by atoms with Gasteiger partial charge in [0.1, 0.15) is 17.5 Å². The van der Waals surface area contributed by atoms with E-state index in [1.165, 1.54) is 5.56 Å². The lowest BCUT2D eigenvalue weighted by Gasteiger charge is -2.26. The zero-order valence-electron chi connectivity index (χ0n) is 14.6. The van der Waals surface area contributed by atoms with Gasteiger partial charge in [-0.3, -0.25) is 4.79 Å². The summed E-state index contributed by atoms with van der Waals surface area (Å²) in [5, 5.41) is 4.09. The van der Waals surface area contributed by atoms with Gasteiger partial charge in [-0.2, -0.15) is 0 Å². The summed E-state index contributed by atoms with van der Waals surface area (Å²) in [5.74, 6) is 0.827. The molecule has 0 fully saturated rings. The number of amides is 1. The molecule has 0 bridgehead atoms. The number of carbonyl (C=O) groups is 1. The van der Waals surface area contributed by atoms with E-state index in [-0.39, 0.29) is 12.0 Å². The summed E-state index contributed by atoms with van der Waals surface area (Å²) in [5.41, 5.74) is 4.05. The average molecular weight is 334 g/mol. The van der Waals surface area contributed by atoms with Crippen molar-refractivity contribution in [3.05, 3.63) is 65.4 Å². The van der Waals surface area contributed by atoms with E-state index in [1.807, 2.05) is 36.4 Å². The molecule has 0 unspecified atom stereocenters. The van der Waals surface area contributed by atoms with Crippen molar-refractivity contribution in [2.75, 3.05) is 0 Å². The van der Waals surface area contributed by atoms with Gasteiger partial charge in [-0.05, 0) is 31.0 Å². The molecule has 3 aromatic rings. The van der Waals surface area contributed by atoms with Crippen molar-refractivity contribution in [2.45, 2.75) is 39.5 Å². The zero-order valence-corrected chi connectivity index (χ0v) is 14.6. The van der Waals surface area contributed by atoms with Gasteiger partial charge in [0.25, 0.3) is 5.91 Å². The fraction of sp³-hybridized carbons (Fsp3) is 0.286. The number of aryl methyl sites for hydroxylation is 1. The van der Waals surface area contributed by atoms with Crippen LogP contribution < -0.4 is 10.1 Å². The number of para-hydroxylation sites is 1. The SMILES string of the molecule is CC[C@H]1Cn2c(C(=O)NCc3ccc(C)cc3)cc3cccc(c32)O1. The van der Waals surface area contributed by atoms with Crippen LogP contribution in [0.3, 0.4) is 0 Å². The minimum absolute atomic E-state index is 0.0421. The van der Waals surface area contributed by atoms with Crippen molar-refractivity contribution in [1.82, 2.24) is 9.88 Å². The van der Waals surface area contributed by atoms with Crippen LogP contribution in [0.1, 0.15) is 35.0 Å². The van der Waals surface area contributed by atoms with Crippen LogP contribution >= 0.6 is 0 Å². The smallest absolute Gasteiger partial charge is 0.268 e. The molecular formula is C21H22N2O2. The van der Waals surface area contributed by atoms with Gasteiger partial charge in [-0.25, -0.2) is 0 Å². The number of benzene rings is 2. The Morgan fingerprint density at radius 1 is 1.24 bits per heavy atom. The highest BCUT2D eigenvalue weighted by molar-refractivity contribution is 6.00. The van der Waals surface area contributed by atoms with Crippen LogP contribution in [-0.4, -0.2) is 16.6 Å². The normalized spacial score (nSPS) is 15.8. The van der Waals surface area contributed by atoms with Crippen LogP contribution in [-0.2, 0) is 13.1 Å². The average Bonchev–Trinajstić information content (AvgIpc) is 3.01. The van der Waals surface area contributed by atoms with Gasteiger partial charge in [0.05, 0.1) is 12.1 Å². The summed E-state index contributed by atoms with van der Waals surface area (Å²) >= 11 is 0. The highest BCUT2D eigenvalue weighted by Crippen LogP contribution is 2.34. The fourth-order valence-corrected chi connectivity index (χ4v) is 3.37. The van der Waals surface area contributed by atoms with Gasteiger partial charge in [0.15, 0.2) is 0 Å². The van der Waals surface area contributed by atoms with Crippen LogP contribution in [0, 0.1) is 6.92 Å². The molecule has 0 aliphatic carbocycles. The molecule has 1 aliphatic heterocycles. The van der Waals surface area contributed by atoms with E-state index < -0.39 is 0 Å². The Labute approximate surface area is 147 Å². The van der Waals surface area contributed by atoms with E-state index in [2.05, 4.69) is 35.9 Å². The van der Waals surface area contributed by atoms with Crippen molar-refractivity contribution in [1.29, 1.82) is 0 Å². The molecule has 2 aromatic carbocycles. The van der Waals surface area contributed by atoms with Gasteiger partial charge < -0.3 is 14.6 Å². The predicted octanol–water partition coefficient (Wildman–Crippen LogP) is 4.05. The van der Waals surface area contributed by atoms with E-state index >= 15 is 0 Å². The number of hydrogen-bond acceptors (Lipinski definition) is 2. The topological polar surface area (TPSA) is 43.3 Å². The van der Waals surface area contributed by atoms with Crippen LogP contribution in [0.2, 0.25) is 0 Å². The lowest BCUT2D eigenvalue weighted by Crippen LogP contribution is -2.31. The van der Waals surface area contributed by atoms with Gasteiger partial charge in [-0.15, -0.1) is 0 Å². The van der Waals surface area contributed by atoms with Crippen molar-refractivity contribution < 1.29 is 9.53 Å². The number of ether oxygens (including phenoxy) is 1. The number of carbonyl (C=O) groups excluding carboxylic acids is 1. The standard InChI is InChI=1S/C21H22N2O2/c1-3-17-13-23-18(11-16-5-4-6-19(25-17)20(16)23)21(24)22-12-15-9-7-14(2)8-10-15/h4-11,17H,3,12-13H2,1-2H3,(H,22,24)/t17-/m0/s1. The Balaban J connectivity index is 1.62. The molecule has 4 nitrogen and oxygen atoms in total. The van der Waals surface area contributed by atoms with Gasteiger partial charge in [0, 0.05) is 11.9 Å². The van der Waals surface area contributed by atoms with Gasteiger partial charge in [0.2, 0.25) is 0 Å². The van der Waals surface area contributed by atoms with Gasteiger partial charge in [-0.1, -0.05) is 48.9 Å². The predicted molar refractivity (Wildman–Crippen MR) is 99.0 cm³/mol. The second-order valence-corrected chi connectivity index (χ2v) is 6.65. The molecule has 4 heteroatoms. The Bertz CT molecular complexity index is 925. The highest BCUT2D eigenvalue weighted by atomic mass is 16.5. The first-order valence-electron chi connectivity index (χ1n) is 8.78. The summed E-state index contributed by atoms with van der Waals surface area (Å²) in [4.78, 5) is 12.8. The highest BCUT2D eigenvalue weighted by Gasteiger charge is 2.25. The maximum atomic E-state index is 12.8. The quantitative estimate of drug-likeness (QED) is 0.782. The molecule has 0 saturated carbocycles. The molecule has 0 spiro atoms. The Morgan fingerprint density at radius 2 is 2.04 bits per heavy atom. The molecule has 0 saturated heterocycles. The third-order valence-corrected chi connectivity index (χ3v) is 4.82. The summed E-state index contributed by atoms with van der Waals surface area (Å²) < 4.78 is 8.14. The molecule has 1 amide bonds. The third-order valence-electron chi connectivity index (χ3n) is 4.82. The van der Waals surface area contributed by atoms with Crippen LogP contribution in [0.5, 0.6) is 5.75 Å². The first kappa shape index (κ1) is 15.8. The zero-order chi connectivity index (χ0) is 17.4. The fourth-order valence-electron chi connectivity index (χ4n) is 3.37. The maximum absolute atomic E-state index is 12.8. The van der Waals surface area contributed by atoms with E-state index in [0.717, 1.165) is 28.6 Å². The second-order valence-electron chi connectivity index (χ2n) is 6.65. The first-order valence-corrected chi connectivity index (χ1v) is 8.78. The van der Waals surface area contributed by atoms with Crippen LogP contribution in [0.25, 0.3) is 10.9 Å². The molecule has 128 valence electrons. The summed E-state index contributed by atoms with van der Waals surface area (Å²) in [6.07, 6.45) is 1.02. The Morgan fingerprint density at radius 3 is 2.80 bits per heavy atom. The largest absolute Gasteiger partial charge is 0.486 e. The summed E-state index contributed by atoms with van der Waals surface area (Å²) in [6.45, 7) is 5.41. The number of aromatic nitrogens is 1. The van der Waals surface area contributed by atoms with Crippen molar-refractivity contribution in [2.24, 2.45) is 0 Å². The molecule has 4 rings (SSSR count). The van der Waals surface area contributed by atoms with E-state index in [4.69, 9.17) is 4.74 Å². The number of hydrogen-bond donors (Lipinski definition) is 1. The number of rotatable bonds is 4. The molecule has 0 radical (unpaired) electrons. The minimum Gasteiger partial charge on any atom is -0.486 e. The second kappa shape index (κ2) is 6.28. The minimum atomic E-state index is -0.0421.